The molecule has 1 aliphatic rings. The van der Waals surface area contributed by atoms with Gasteiger partial charge in [0.25, 0.3) is 0 Å². The Kier molecular flexibility index (Phi) is 6.87. The van der Waals surface area contributed by atoms with E-state index in [1.165, 1.54) is 11.3 Å². The average Bonchev–Trinajstić information content (AvgIpc) is 2.92. The molecule has 116 valence electrons. The van der Waals surface area contributed by atoms with Crippen molar-refractivity contribution < 1.29 is 4.79 Å². The van der Waals surface area contributed by atoms with Gasteiger partial charge in [-0.25, -0.2) is 0 Å². The molecule has 0 heterocycles. The maximum atomic E-state index is 11.9. The van der Waals surface area contributed by atoms with Gasteiger partial charge in [0.15, 0.2) is 0 Å². The van der Waals surface area contributed by atoms with Crippen LogP contribution in [0, 0.1) is 5.92 Å². The molecule has 1 aliphatic carbocycles. The standard InChI is InChI=1S/C16H23ClN2OS/c17-13-6-8-14(9-7-13)21-10-2-5-16(20)19-15-4-1-3-12(15)11-18/h6-9,12,15H,1-5,10-11,18H2,(H,19,20). The number of hydrogen-bond acceptors (Lipinski definition) is 3. The molecule has 3 N–H and O–H groups in total. The third-order valence-corrected chi connectivity index (χ3v) is 5.29. The molecule has 1 fully saturated rings. The minimum atomic E-state index is 0.164. The van der Waals surface area contributed by atoms with Crippen LogP contribution in [-0.2, 0) is 4.79 Å². The van der Waals surface area contributed by atoms with Crippen molar-refractivity contribution in [3.05, 3.63) is 29.3 Å². The van der Waals surface area contributed by atoms with Crippen LogP contribution in [0.15, 0.2) is 29.2 Å². The SMILES string of the molecule is NCC1CCCC1NC(=O)CCCSc1ccc(Cl)cc1. The van der Waals surface area contributed by atoms with Crippen LogP contribution in [0.3, 0.4) is 0 Å². The molecule has 21 heavy (non-hydrogen) atoms. The Balaban J connectivity index is 1.62. The summed E-state index contributed by atoms with van der Waals surface area (Å²) < 4.78 is 0. The second-order valence-electron chi connectivity index (χ2n) is 5.51. The van der Waals surface area contributed by atoms with Crippen molar-refractivity contribution in [1.29, 1.82) is 0 Å². The molecule has 1 saturated carbocycles. The molecule has 0 aromatic heterocycles. The van der Waals surface area contributed by atoms with Crippen LogP contribution < -0.4 is 11.1 Å². The van der Waals surface area contributed by atoms with Gasteiger partial charge in [-0.3, -0.25) is 4.79 Å². The Hall–Kier alpha value is -0.710. The molecular weight excluding hydrogens is 304 g/mol. The molecule has 0 saturated heterocycles. The lowest BCUT2D eigenvalue weighted by molar-refractivity contribution is -0.122. The molecule has 2 unspecified atom stereocenters. The Bertz CT molecular complexity index is 452. The minimum absolute atomic E-state index is 0.164. The fourth-order valence-corrected chi connectivity index (χ4v) is 3.72. The summed E-state index contributed by atoms with van der Waals surface area (Å²) in [4.78, 5) is 13.1. The number of amides is 1. The molecular formula is C16H23ClN2OS. The highest BCUT2D eigenvalue weighted by atomic mass is 35.5. The number of rotatable bonds is 7. The molecule has 1 aromatic carbocycles. The van der Waals surface area contributed by atoms with Gasteiger partial charge in [-0.15, -0.1) is 11.8 Å². The van der Waals surface area contributed by atoms with E-state index in [9.17, 15) is 4.79 Å². The molecule has 2 rings (SSSR count). The fourth-order valence-electron chi connectivity index (χ4n) is 2.74. The van der Waals surface area contributed by atoms with Gasteiger partial charge in [0.1, 0.15) is 0 Å². The summed E-state index contributed by atoms with van der Waals surface area (Å²) in [6, 6.07) is 8.11. The predicted molar refractivity (Wildman–Crippen MR) is 89.7 cm³/mol. The maximum absolute atomic E-state index is 11.9. The van der Waals surface area contributed by atoms with Crippen molar-refractivity contribution in [2.45, 2.75) is 43.0 Å². The summed E-state index contributed by atoms with van der Waals surface area (Å²) in [5, 5.41) is 3.89. The van der Waals surface area contributed by atoms with Crippen LogP contribution in [0.4, 0.5) is 0 Å². The van der Waals surface area contributed by atoms with Crippen LogP contribution in [0.2, 0.25) is 5.02 Å². The lowest BCUT2D eigenvalue weighted by atomic mass is 10.0. The first kappa shape index (κ1) is 16.7. The first-order valence-corrected chi connectivity index (χ1v) is 8.93. The van der Waals surface area contributed by atoms with Crippen molar-refractivity contribution in [3.63, 3.8) is 0 Å². The summed E-state index contributed by atoms with van der Waals surface area (Å²) >= 11 is 7.61. The predicted octanol–water partition coefficient (Wildman–Crippen LogP) is 3.46. The second kappa shape index (κ2) is 8.66. The summed E-state index contributed by atoms with van der Waals surface area (Å²) in [6.07, 6.45) is 4.88. The molecule has 5 heteroatoms. The number of nitrogens with one attached hydrogen (secondary N) is 1. The van der Waals surface area contributed by atoms with Crippen molar-refractivity contribution in [3.8, 4) is 0 Å². The highest BCUT2D eigenvalue weighted by molar-refractivity contribution is 7.99. The van der Waals surface area contributed by atoms with Crippen LogP contribution in [0.5, 0.6) is 0 Å². The van der Waals surface area contributed by atoms with E-state index in [1.54, 1.807) is 11.8 Å². The van der Waals surface area contributed by atoms with E-state index in [1.807, 2.05) is 24.3 Å². The van der Waals surface area contributed by atoms with E-state index < -0.39 is 0 Å². The normalized spacial score (nSPS) is 21.4. The van der Waals surface area contributed by atoms with Crippen molar-refractivity contribution >= 4 is 29.3 Å². The van der Waals surface area contributed by atoms with E-state index in [2.05, 4.69) is 5.32 Å². The number of nitrogens with two attached hydrogens (primary N) is 1. The number of benzene rings is 1. The Morgan fingerprint density at radius 3 is 2.81 bits per heavy atom. The molecule has 0 bridgehead atoms. The molecule has 0 aliphatic heterocycles. The van der Waals surface area contributed by atoms with E-state index in [0.717, 1.165) is 30.0 Å². The van der Waals surface area contributed by atoms with Crippen LogP contribution in [0.25, 0.3) is 0 Å². The quantitative estimate of drug-likeness (QED) is 0.596. The molecule has 2 atom stereocenters. The van der Waals surface area contributed by atoms with Gasteiger partial charge in [-0.1, -0.05) is 18.0 Å². The third kappa shape index (κ3) is 5.53. The van der Waals surface area contributed by atoms with E-state index in [0.29, 0.717) is 24.9 Å². The Morgan fingerprint density at radius 1 is 1.33 bits per heavy atom. The van der Waals surface area contributed by atoms with Gasteiger partial charge in [0.05, 0.1) is 0 Å². The second-order valence-corrected chi connectivity index (χ2v) is 7.11. The van der Waals surface area contributed by atoms with Gasteiger partial charge in [0.2, 0.25) is 5.91 Å². The fraction of sp³-hybridized carbons (Fsp3) is 0.562. The topological polar surface area (TPSA) is 55.1 Å². The zero-order chi connectivity index (χ0) is 15.1. The Morgan fingerprint density at radius 2 is 2.10 bits per heavy atom. The van der Waals surface area contributed by atoms with Crippen LogP contribution in [0.1, 0.15) is 32.1 Å². The number of halogens is 1. The van der Waals surface area contributed by atoms with Gasteiger partial charge in [-0.05, 0) is 61.7 Å². The minimum Gasteiger partial charge on any atom is -0.353 e. The molecule has 0 spiro atoms. The summed E-state index contributed by atoms with van der Waals surface area (Å²) in [5.41, 5.74) is 5.73. The smallest absolute Gasteiger partial charge is 0.220 e. The van der Waals surface area contributed by atoms with Crippen molar-refractivity contribution in [2.75, 3.05) is 12.3 Å². The first-order valence-electron chi connectivity index (χ1n) is 7.57. The third-order valence-electron chi connectivity index (χ3n) is 3.94. The van der Waals surface area contributed by atoms with Crippen molar-refractivity contribution in [1.82, 2.24) is 5.32 Å². The summed E-state index contributed by atoms with van der Waals surface area (Å²) in [5.74, 6) is 1.58. The van der Waals surface area contributed by atoms with Gasteiger partial charge in [-0.2, -0.15) is 0 Å². The Labute approximate surface area is 136 Å². The molecule has 1 amide bonds. The summed E-state index contributed by atoms with van der Waals surface area (Å²) in [6.45, 7) is 0.678. The molecule has 1 aromatic rings. The highest BCUT2D eigenvalue weighted by Crippen LogP contribution is 2.25. The number of hydrogen-bond donors (Lipinski definition) is 2. The zero-order valence-corrected chi connectivity index (χ0v) is 13.8. The maximum Gasteiger partial charge on any atom is 0.220 e. The van der Waals surface area contributed by atoms with Crippen molar-refractivity contribution in [2.24, 2.45) is 11.7 Å². The molecule has 3 nitrogen and oxygen atoms in total. The lowest BCUT2D eigenvalue weighted by Crippen LogP contribution is -2.39. The van der Waals surface area contributed by atoms with E-state index in [4.69, 9.17) is 17.3 Å². The first-order chi connectivity index (χ1) is 10.2. The van der Waals surface area contributed by atoms with Gasteiger partial charge < -0.3 is 11.1 Å². The number of carbonyl (C=O) groups excluding carboxylic acids is 1. The lowest BCUT2D eigenvalue weighted by Gasteiger charge is -2.19. The van der Waals surface area contributed by atoms with E-state index >= 15 is 0 Å². The van der Waals surface area contributed by atoms with Gasteiger partial charge >= 0.3 is 0 Å². The summed E-state index contributed by atoms with van der Waals surface area (Å²) in [7, 11) is 0. The van der Waals surface area contributed by atoms with Crippen LogP contribution >= 0.6 is 23.4 Å². The number of thioether (sulfide) groups is 1. The van der Waals surface area contributed by atoms with E-state index in [-0.39, 0.29) is 5.91 Å². The largest absolute Gasteiger partial charge is 0.353 e. The molecule has 0 radical (unpaired) electrons. The van der Waals surface area contributed by atoms with Crippen LogP contribution in [-0.4, -0.2) is 24.2 Å². The average molecular weight is 327 g/mol. The highest BCUT2D eigenvalue weighted by Gasteiger charge is 2.26. The van der Waals surface area contributed by atoms with Gasteiger partial charge in [0, 0.05) is 22.4 Å². The zero-order valence-electron chi connectivity index (χ0n) is 12.2. The number of carbonyl (C=O) groups is 1. The monoisotopic (exact) mass is 326 g/mol.